The average Bonchev–Trinajstić information content (AvgIpc) is 2.67. The highest BCUT2D eigenvalue weighted by Crippen LogP contribution is 2.07. The molecule has 4 nitrogen and oxygen atoms in total. The summed E-state index contributed by atoms with van der Waals surface area (Å²) in [5.41, 5.74) is 0. The molecule has 1 rings (SSSR count). The van der Waals surface area contributed by atoms with Crippen molar-refractivity contribution in [2.24, 2.45) is 5.92 Å². The normalized spacial score (nSPS) is 15.3. The van der Waals surface area contributed by atoms with E-state index in [4.69, 9.17) is 0 Å². The molecule has 0 spiro atoms. The number of hydrogen-bond donors (Lipinski definition) is 1. The maximum absolute atomic E-state index is 3.80. The first-order chi connectivity index (χ1) is 7.58. The van der Waals surface area contributed by atoms with Gasteiger partial charge in [-0.1, -0.05) is 13.8 Å². The van der Waals surface area contributed by atoms with Crippen molar-refractivity contribution in [3.05, 3.63) is 12.7 Å². The molecule has 0 saturated carbocycles. The third-order valence-electron chi connectivity index (χ3n) is 2.70. The van der Waals surface area contributed by atoms with Gasteiger partial charge in [0, 0.05) is 18.6 Å². The van der Waals surface area contributed by atoms with Crippen LogP contribution in [0.1, 0.15) is 40.5 Å². The Morgan fingerprint density at radius 1 is 1.00 bits per heavy atom. The monoisotopic (exact) mass is 224 g/mol. The minimum absolute atomic E-state index is 0.457. The highest BCUT2D eigenvalue weighted by molar-refractivity contribution is 4.71. The van der Waals surface area contributed by atoms with E-state index in [1.807, 2.05) is 4.57 Å². The van der Waals surface area contributed by atoms with Gasteiger partial charge in [-0.3, -0.25) is 0 Å². The lowest BCUT2D eigenvalue weighted by atomic mass is 10.0. The van der Waals surface area contributed by atoms with Gasteiger partial charge in [-0.05, 0) is 32.6 Å². The predicted octanol–water partition coefficient (Wildman–Crippen LogP) is 2.08. The predicted molar refractivity (Wildman–Crippen MR) is 66.2 cm³/mol. The first-order valence-corrected chi connectivity index (χ1v) is 6.16. The summed E-state index contributed by atoms with van der Waals surface area (Å²) in [6.07, 6.45) is 6.05. The van der Waals surface area contributed by atoms with Gasteiger partial charge in [-0.25, -0.2) is 0 Å². The van der Waals surface area contributed by atoms with E-state index in [9.17, 15) is 0 Å². The molecule has 4 heteroatoms. The first-order valence-electron chi connectivity index (χ1n) is 6.16. The molecule has 0 bridgehead atoms. The molecular formula is C12H24N4. The van der Waals surface area contributed by atoms with Crippen LogP contribution in [0.5, 0.6) is 0 Å². The van der Waals surface area contributed by atoms with Crippen LogP contribution in [0.15, 0.2) is 12.7 Å². The molecule has 16 heavy (non-hydrogen) atoms. The molecule has 1 aromatic rings. The second kappa shape index (κ2) is 6.63. The van der Waals surface area contributed by atoms with Crippen LogP contribution < -0.4 is 5.32 Å². The van der Waals surface area contributed by atoms with Gasteiger partial charge in [0.2, 0.25) is 0 Å². The Kier molecular flexibility index (Phi) is 5.46. The van der Waals surface area contributed by atoms with Crippen LogP contribution >= 0.6 is 0 Å². The third kappa shape index (κ3) is 5.26. The Hall–Kier alpha value is -0.900. The van der Waals surface area contributed by atoms with E-state index in [0.717, 1.165) is 12.5 Å². The van der Waals surface area contributed by atoms with E-state index in [2.05, 4.69) is 43.2 Å². The average molecular weight is 224 g/mol. The van der Waals surface area contributed by atoms with E-state index in [1.54, 1.807) is 12.7 Å². The van der Waals surface area contributed by atoms with Crippen molar-refractivity contribution in [3.63, 3.8) is 0 Å². The molecule has 1 aromatic heterocycles. The van der Waals surface area contributed by atoms with Gasteiger partial charge in [0.1, 0.15) is 12.7 Å². The van der Waals surface area contributed by atoms with Gasteiger partial charge < -0.3 is 9.88 Å². The molecule has 92 valence electrons. The third-order valence-corrected chi connectivity index (χ3v) is 2.70. The molecule has 2 atom stereocenters. The molecule has 0 aliphatic rings. The summed E-state index contributed by atoms with van der Waals surface area (Å²) in [4.78, 5) is 0. The summed E-state index contributed by atoms with van der Waals surface area (Å²) in [7, 11) is 0. The molecule has 0 amide bonds. The fraction of sp³-hybridized carbons (Fsp3) is 0.833. The molecule has 1 N–H and O–H groups in total. The van der Waals surface area contributed by atoms with E-state index in [-0.39, 0.29) is 0 Å². The summed E-state index contributed by atoms with van der Waals surface area (Å²) in [6, 6.07) is 1.03. The minimum atomic E-state index is 0.457. The standard InChI is InChI=1S/C12H24N4/c1-10(2)5-6-11(3)15-12(4)7-16-8-13-14-9-16/h8-12,15H,5-7H2,1-4H3. The fourth-order valence-electron chi connectivity index (χ4n) is 1.84. The Balaban J connectivity index is 2.20. The number of rotatable bonds is 7. The van der Waals surface area contributed by atoms with E-state index in [0.29, 0.717) is 12.1 Å². The number of aromatic nitrogens is 3. The summed E-state index contributed by atoms with van der Waals surface area (Å²) >= 11 is 0. The number of nitrogens with one attached hydrogen (secondary N) is 1. The molecule has 0 radical (unpaired) electrons. The Labute approximate surface area is 98.5 Å². The van der Waals surface area contributed by atoms with Gasteiger partial charge in [-0.15, -0.1) is 10.2 Å². The molecular weight excluding hydrogens is 200 g/mol. The van der Waals surface area contributed by atoms with Crippen LogP contribution in [0, 0.1) is 5.92 Å². The van der Waals surface area contributed by atoms with Crippen LogP contribution in [-0.4, -0.2) is 26.8 Å². The van der Waals surface area contributed by atoms with Crippen molar-refractivity contribution in [2.75, 3.05) is 0 Å². The maximum atomic E-state index is 3.80. The SMILES string of the molecule is CC(C)CCC(C)NC(C)Cn1cnnc1. The zero-order valence-corrected chi connectivity index (χ0v) is 10.8. The van der Waals surface area contributed by atoms with E-state index >= 15 is 0 Å². The molecule has 0 saturated heterocycles. The van der Waals surface area contributed by atoms with Crippen molar-refractivity contribution in [2.45, 2.75) is 59.2 Å². The van der Waals surface area contributed by atoms with Crippen molar-refractivity contribution in [1.82, 2.24) is 20.1 Å². The van der Waals surface area contributed by atoms with Crippen molar-refractivity contribution in [3.8, 4) is 0 Å². The van der Waals surface area contributed by atoms with Gasteiger partial charge in [-0.2, -0.15) is 0 Å². The number of nitrogens with zero attached hydrogens (tertiary/aromatic N) is 3. The van der Waals surface area contributed by atoms with Crippen LogP contribution in [0.2, 0.25) is 0 Å². The van der Waals surface area contributed by atoms with Crippen molar-refractivity contribution < 1.29 is 0 Å². The topological polar surface area (TPSA) is 42.7 Å². The highest BCUT2D eigenvalue weighted by atomic mass is 15.2. The summed E-state index contributed by atoms with van der Waals surface area (Å²) in [6.45, 7) is 9.93. The molecule has 0 fully saturated rings. The summed E-state index contributed by atoms with van der Waals surface area (Å²) in [5, 5.41) is 11.2. The lowest BCUT2D eigenvalue weighted by Crippen LogP contribution is -2.37. The highest BCUT2D eigenvalue weighted by Gasteiger charge is 2.08. The smallest absolute Gasteiger partial charge is 0.119 e. The lowest BCUT2D eigenvalue weighted by molar-refractivity contribution is 0.385. The fourth-order valence-corrected chi connectivity index (χ4v) is 1.84. The van der Waals surface area contributed by atoms with Crippen LogP contribution in [0.4, 0.5) is 0 Å². The zero-order valence-electron chi connectivity index (χ0n) is 10.8. The molecule has 0 aliphatic heterocycles. The molecule has 2 unspecified atom stereocenters. The van der Waals surface area contributed by atoms with E-state index < -0.39 is 0 Å². The largest absolute Gasteiger partial charge is 0.319 e. The van der Waals surface area contributed by atoms with E-state index in [1.165, 1.54) is 12.8 Å². The number of hydrogen-bond acceptors (Lipinski definition) is 3. The van der Waals surface area contributed by atoms with Crippen LogP contribution in [0.3, 0.4) is 0 Å². The van der Waals surface area contributed by atoms with Gasteiger partial charge in [0.05, 0.1) is 0 Å². The van der Waals surface area contributed by atoms with Crippen LogP contribution in [0.25, 0.3) is 0 Å². The van der Waals surface area contributed by atoms with Crippen LogP contribution in [-0.2, 0) is 6.54 Å². The van der Waals surface area contributed by atoms with Gasteiger partial charge >= 0.3 is 0 Å². The summed E-state index contributed by atoms with van der Waals surface area (Å²) in [5.74, 6) is 0.789. The quantitative estimate of drug-likeness (QED) is 0.771. The minimum Gasteiger partial charge on any atom is -0.319 e. The van der Waals surface area contributed by atoms with Crippen molar-refractivity contribution in [1.29, 1.82) is 0 Å². The van der Waals surface area contributed by atoms with Gasteiger partial charge in [0.15, 0.2) is 0 Å². The molecule has 1 heterocycles. The first kappa shape index (κ1) is 13.2. The maximum Gasteiger partial charge on any atom is 0.119 e. The molecule has 0 aliphatic carbocycles. The van der Waals surface area contributed by atoms with Crippen molar-refractivity contribution >= 4 is 0 Å². The second-order valence-electron chi connectivity index (χ2n) is 5.10. The zero-order chi connectivity index (χ0) is 12.0. The molecule has 0 aromatic carbocycles. The van der Waals surface area contributed by atoms with Gasteiger partial charge in [0.25, 0.3) is 0 Å². The second-order valence-corrected chi connectivity index (χ2v) is 5.10. The Bertz CT molecular complexity index is 269. The summed E-state index contributed by atoms with van der Waals surface area (Å²) < 4.78 is 2.01. The Morgan fingerprint density at radius 2 is 1.62 bits per heavy atom. The lowest BCUT2D eigenvalue weighted by Gasteiger charge is -2.20. The Morgan fingerprint density at radius 3 is 2.19 bits per heavy atom.